The average Bonchev–Trinajstić information content (AvgIpc) is 2.49. The van der Waals surface area contributed by atoms with Crippen LogP contribution in [0.1, 0.15) is 11.6 Å². The molecule has 0 amide bonds. The summed E-state index contributed by atoms with van der Waals surface area (Å²) in [6, 6.07) is 19.3. The quantitative estimate of drug-likeness (QED) is 0.863. The van der Waals surface area contributed by atoms with E-state index in [1.54, 1.807) is 0 Å². The Labute approximate surface area is 113 Å². The predicted octanol–water partition coefficient (Wildman–Crippen LogP) is 2.22. The Balaban J connectivity index is 2.34. The van der Waals surface area contributed by atoms with Gasteiger partial charge in [0.15, 0.2) is 0 Å². The molecule has 0 aliphatic carbocycles. The summed E-state index contributed by atoms with van der Waals surface area (Å²) in [6.45, 7) is -0.267. The van der Waals surface area contributed by atoms with Crippen LogP contribution in [0.4, 0.5) is 5.69 Å². The summed E-state index contributed by atoms with van der Waals surface area (Å²) in [5.41, 5.74) is 1.99. The van der Waals surface area contributed by atoms with Crippen molar-refractivity contribution >= 4 is 5.69 Å². The molecule has 0 fully saturated rings. The van der Waals surface area contributed by atoms with Gasteiger partial charge < -0.3 is 15.1 Å². The third kappa shape index (κ3) is 3.13. The van der Waals surface area contributed by atoms with Crippen LogP contribution in [0.15, 0.2) is 60.7 Å². The van der Waals surface area contributed by atoms with E-state index in [-0.39, 0.29) is 12.6 Å². The van der Waals surface area contributed by atoms with E-state index in [2.05, 4.69) is 0 Å². The first kappa shape index (κ1) is 13.6. The largest absolute Gasteiger partial charge is 0.394 e. The van der Waals surface area contributed by atoms with Gasteiger partial charge in [0.25, 0.3) is 0 Å². The van der Waals surface area contributed by atoms with Crippen molar-refractivity contribution in [3.63, 3.8) is 0 Å². The van der Waals surface area contributed by atoms with E-state index in [1.807, 2.05) is 72.6 Å². The lowest BCUT2D eigenvalue weighted by Gasteiger charge is -2.33. The molecule has 2 rings (SSSR count). The minimum atomic E-state index is -0.826. The number of rotatable bonds is 5. The van der Waals surface area contributed by atoms with E-state index < -0.39 is 6.10 Å². The first-order valence-electron chi connectivity index (χ1n) is 6.36. The van der Waals surface area contributed by atoms with Crippen LogP contribution in [0, 0.1) is 0 Å². The van der Waals surface area contributed by atoms with Gasteiger partial charge >= 0.3 is 0 Å². The van der Waals surface area contributed by atoms with Crippen molar-refractivity contribution in [1.82, 2.24) is 0 Å². The summed E-state index contributed by atoms with van der Waals surface area (Å²) in [5.74, 6) is 0. The number of anilines is 1. The molecule has 0 bridgehead atoms. The van der Waals surface area contributed by atoms with Gasteiger partial charge in [-0.2, -0.15) is 0 Å². The molecule has 3 nitrogen and oxygen atoms in total. The van der Waals surface area contributed by atoms with Gasteiger partial charge in [-0.15, -0.1) is 0 Å². The molecule has 0 aromatic heterocycles. The number of para-hydroxylation sites is 1. The standard InChI is InChI=1S/C16H19NO2/c1-17(14-10-6-3-7-11-14)16(15(19)12-18)13-8-4-2-5-9-13/h2-11,15-16,18-19H,12H2,1H3/t15-,16+/m0/s1. The van der Waals surface area contributed by atoms with Gasteiger partial charge in [0.2, 0.25) is 0 Å². The number of hydrogen-bond donors (Lipinski definition) is 2. The molecule has 0 aliphatic heterocycles. The second kappa shape index (κ2) is 6.36. The number of aliphatic hydroxyl groups excluding tert-OH is 2. The van der Waals surface area contributed by atoms with Crippen LogP contribution in [0.5, 0.6) is 0 Å². The molecule has 0 aliphatic rings. The molecule has 0 spiro atoms. The summed E-state index contributed by atoms with van der Waals surface area (Å²) in [4.78, 5) is 1.98. The zero-order valence-corrected chi connectivity index (χ0v) is 11.0. The summed E-state index contributed by atoms with van der Waals surface area (Å²) >= 11 is 0. The van der Waals surface area contributed by atoms with Crippen molar-refractivity contribution in [3.8, 4) is 0 Å². The van der Waals surface area contributed by atoms with E-state index >= 15 is 0 Å². The van der Waals surface area contributed by atoms with Crippen molar-refractivity contribution in [2.75, 3.05) is 18.6 Å². The summed E-state index contributed by atoms with van der Waals surface area (Å²) < 4.78 is 0. The molecule has 3 heteroatoms. The lowest BCUT2D eigenvalue weighted by Crippen LogP contribution is -2.35. The van der Waals surface area contributed by atoms with Crippen LogP contribution >= 0.6 is 0 Å². The Kier molecular flexibility index (Phi) is 4.55. The molecular weight excluding hydrogens is 238 g/mol. The van der Waals surface area contributed by atoms with Crippen LogP contribution < -0.4 is 4.90 Å². The molecule has 0 unspecified atom stereocenters. The monoisotopic (exact) mass is 257 g/mol. The van der Waals surface area contributed by atoms with Crippen molar-refractivity contribution in [3.05, 3.63) is 66.2 Å². The zero-order valence-electron chi connectivity index (χ0n) is 11.0. The molecule has 2 N–H and O–H groups in total. The summed E-state index contributed by atoms with van der Waals surface area (Å²) in [6.07, 6.45) is -0.826. The SMILES string of the molecule is CN(c1ccccc1)[C@H](c1ccccc1)[C@@H](O)CO. The minimum absolute atomic E-state index is 0.267. The molecule has 2 aromatic rings. The van der Waals surface area contributed by atoms with Gasteiger partial charge in [-0.1, -0.05) is 48.5 Å². The second-order valence-corrected chi connectivity index (χ2v) is 4.55. The first-order chi connectivity index (χ1) is 9.24. The molecule has 100 valence electrons. The van der Waals surface area contributed by atoms with Crippen molar-refractivity contribution < 1.29 is 10.2 Å². The second-order valence-electron chi connectivity index (χ2n) is 4.55. The molecule has 0 heterocycles. The first-order valence-corrected chi connectivity index (χ1v) is 6.36. The van der Waals surface area contributed by atoms with Crippen molar-refractivity contribution in [2.45, 2.75) is 12.1 Å². The number of hydrogen-bond acceptors (Lipinski definition) is 3. The van der Waals surface area contributed by atoms with Crippen molar-refractivity contribution in [2.24, 2.45) is 0 Å². The molecular formula is C16H19NO2. The maximum Gasteiger partial charge on any atom is 0.101 e. The van der Waals surface area contributed by atoms with Crippen LogP contribution in [0.2, 0.25) is 0 Å². The summed E-state index contributed by atoms with van der Waals surface area (Å²) in [5, 5.41) is 19.4. The highest BCUT2D eigenvalue weighted by atomic mass is 16.3. The van der Waals surface area contributed by atoms with Gasteiger partial charge in [-0.25, -0.2) is 0 Å². The van der Waals surface area contributed by atoms with Gasteiger partial charge in [0.1, 0.15) is 6.10 Å². The minimum Gasteiger partial charge on any atom is -0.394 e. The third-order valence-corrected chi connectivity index (χ3v) is 3.27. The van der Waals surface area contributed by atoms with Gasteiger partial charge in [0, 0.05) is 12.7 Å². The van der Waals surface area contributed by atoms with Crippen molar-refractivity contribution in [1.29, 1.82) is 0 Å². The Morgan fingerprint density at radius 1 is 0.947 bits per heavy atom. The highest BCUT2D eigenvalue weighted by Crippen LogP contribution is 2.28. The smallest absolute Gasteiger partial charge is 0.101 e. The molecule has 2 atom stereocenters. The molecule has 2 aromatic carbocycles. The highest BCUT2D eigenvalue weighted by Gasteiger charge is 2.24. The van der Waals surface area contributed by atoms with Gasteiger partial charge in [-0.3, -0.25) is 0 Å². The molecule has 19 heavy (non-hydrogen) atoms. The van der Waals surface area contributed by atoms with Crippen LogP contribution in [-0.2, 0) is 0 Å². The lowest BCUT2D eigenvalue weighted by atomic mass is 10.00. The van der Waals surface area contributed by atoms with E-state index in [0.717, 1.165) is 11.3 Å². The maximum atomic E-state index is 10.1. The number of likely N-dealkylation sites (N-methyl/N-ethyl adjacent to an activating group) is 1. The van der Waals surface area contributed by atoms with Crippen LogP contribution in [-0.4, -0.2) is 30.0 Å². The normalized spacial score (nSPS) is 13.8. The van der Waals surface area contributed by atoms with E-state index in [9.17, 15) is 10.2 Å². The highest BCUT2D eigenvalue weighted by molar-refractivity contribution is 5.48. The Hall–Kier alpha value is -1.84. The molecule has 0 saturated heterocycles. The van der Waals surface area contributed by atoms with Crippen LogP contribution in [0.3, 0.4) is 0 Å². The maximum absolute atomic E-state index is 10.1. The fourth-order valence-electron chi connectivity index (χ4n) is 2.28. The number of aliphatic hydroxyl groups is 2. The Morgan fingerprint density at radius 3 is 2.00 bits per heavy atom. The van der Waals surface area contributed by atoms with E-state index in [4.69, 9.17) is 0 Å². The molecule has 0 radical (unpaired) electrons. The number of benzene rings is 2. The zero-order chi connectivity index (χ0) is 13.7. The molecule has 0 saturated carbocycles. The van der Waals surface area contributed by atoms with E-state index in [0.29, 0.717) is 0 Å². The number of nitrogens with zero attached hydrogens (tertiary/aromatic N) is 1. The Bertz CT molecular complexity index is 487. The topological polar surface area (TPSA) is 43.7 Å². The fraction of sp³-hybridized carbons (Fsp3) is 0.250. The van der Waals surface area contributed by atoms with Crippen LogP contribution in [0.25, 0.3) is 0 Å². The predicted molar refractivity (Wildman–Crippen MR) is 77.1 cm³/mol. The lowest BCUT2D eigenvalue weighted by molar-refractivity contribution is 0.0726. The summed E-state index contributed by atoms with van der Waals surface area (Å²) in [7, 11) is 1.92. The average molecular weight is 257 g/mol. The van der Waals surface area contributed by atoms with Gasteiger partial charge in [0.05, 0.1) is 12.6 Å². The Morgan fingerprint density at radius 2 is 1.47 bits per heavy atom. The van der Waals surface area contributed by atoms with Gasteiger partial charge in [-0.05, 0) is 17.7 Å². The third-order valence-electron chi connectivity index (χ3n) is 3.27. The fourth-order valence-corrected chi connectivity index (χ4v) is 2.28. The van der Waals surface area contributed by atoms with E-state index in [1.165, 1.54) is 0 Å².